The Balaban J connectivity index is 2.76. The van der Waals surface area contributed by atoms with Gasteiger partial charge in [0, 0.05) is 12.6 Å². The predicted molar refractivity (Wildman–Crippen MR) is 72.1 cm³/mol. The van der Waals surface area contributed by atoms with Crippen LogP contribution in [0.25, 0.3) is 16.1 Å². The fourth-order valence-electron chi connectivity index (χ4n) is 1.80. The Morgan fingerprint density at radius 1 is 1.29 bits per heavy atom. The van der Waals surface area contributed by atoms with Crippen molar-refractivity contribution < 1.29 is 0 Å². The first-order valence-electron chi connectivity index (χ1n) is 5.21. The Labute approximate surface area is 109 Å². The molecule has 0 spiro atoms. The SMILES string of the molecule is [C-]#[N+]c1cc(C)c(C)cc1-c1c(Br)cnn1C. The molecule has 1 heterocycles. The molecule has 0 aliphatic carbocycles. The number of hydrogen-bond donors (Lipinski definition) is 0. The number of aryl methyl sites for hydroxylation is 3. The zero-order valence-corrected chi connectivity index (χ0v) is 11.5. The highest BCUT2D eigenvalue weighted by molar-refractivity contribution is 9.10. The van der Waals surface area contributed by atoms with Gasteiger partial charge in [-0.2, -0.15) is 5.10 Å². The smallest absolute Gasteiger partial charge is 0.196 e. The lowest BCUT2D eigenvalue weighted by molar-refractivity contribution is 0.776. The number of benzene rings is 1. The van der Waals surface area contributed by atoms with Crippen LogP contribution in [0.5, 0.6) is 0 Å². The van der Waals surface area contributed by atoms with Gasteiger partial charge < -0.3 is 0 Å². The normalized spacial score (nSPS) is 10.3. The Hall–Kier alpha value is -1.60. The fourth-order valence-corrected chi connectivity index (χ4v) is 2.36. The molecule has 0 unspecified atom stereocenters. The molecule has 0 saturated carbocycles. The van der Waals surface area contributed by atoms with Crippen LogP contribution in [0.15, 0.2) is 22.8 Å². The zero-order valence-electron chi connectivity index (χ0n) is 9.95. The van der Waals surface area contributed by atoms with Crippen molar-refractivity contribution in [1.29, 1.82) is 0 Å². The molecule has 86 valence electrons. The molecule has 2 aromatic rings. The maximum absolute atomic E-state index is 7.28. The van der Waals surface area contributed by atoms with Crippen LogP contribution >= 0.6 is 15.9 Å². The van der Waals surface area contributed by atoms with E-state index in [1.165, 1.54) is 5.56 Å². The van der Waals surface area contributed by atoms with Gasteiger partial charge in [0.2, 0.25) is 0 Å². The number of nitrogens with zero attached hydrogens (tertiary/aromatic N) is 3. The summed E-state index contributed by atoms with van der Waals surface area (Å²) in [5, 5.41) is 4.19. The number of hydrogen-bond acceptors (Lipinski definition) is 1. The summed E-state index contributed by atoms with van der Waals surface area (Å²) in [5.74, 6) is 0. The van der Waals surface area contributed by atoms with Crippen LogP contribution in [0.4, 0.5) is 5.69 Å². The molecule has 3 nitrogen and oxygen atoms in total. The summed E-state index contributed by atoms with van der Waals surface area (Å²) in [6.07, 6.45) is 1.75. The summed E-state index contributed by atoms with van der Waals surface area (Å²) in [5.41, 5.74) is 4.85. The molecule has 1 aromatic carbocycles. The van der Waals surface area contributed by atoms with E-state index in [0.717, 1.165) is 21.3 Å². The first-order valence-corrected chi connectivity index (χ1v) is 6.00. The predicted octanol–water partition coefficient (Wildman–Crippen LogP) is 4.02. The van der Waals surface area contributed by atoms with E-state index in [9.17, 15) is 0 Å². The number of aromatic nitrogens is 2. The third-order valence-corrected chi connectivity index (χ3v) is 3.46. The molecule has 1 aromatic heterocycles. The van der Waals surface area contributed by atoms with Crippen LogP contribution in [0.3, 0.4) is 0 Å². The monoisotopic (exact) mass is 289 g/mol. The molecule has 0 N–H and O–H groups in total. The van der Waals surface area contributed by atoms with Crippen LogP contribution in [-0.4, -0.2) is 9.78 Å². The first-order chi connectivity index (χ1) is 8.04. The molecular formula is C13H12BrN3. The van der Waals surface area contributed by atoms with Gasteiger partial charge in [-0.25, -0.2) is 4.85 Å². The van der Waals surface area contributed by atoms with Gasteiger partial charge in [0.25, 0.3) is 0 Å². The minimum absolute atomic E-state index is 0.664. The maximum Gasteiger partial charge on any atom is 0.196 e. The molecule has 2 rings (SSSR count). The van der Waals surface area contributed by atoms with Gasteiger partial charge in [0.1, 0.15) is 0 Å². The second-order valence-corrected chi connectivity index (χ2v) is 4.88. The lowest BCUT2D eigenvalue weighted by Crippen LogP contribution is -1.95. The molecule has 17 heavy (non-hydrogen) atoms. The molecule has 0 atom stereocenters. The van der Waals surface area contributed by atoms with Gasteiger partial charge in [-0.15, -0.1) is 0 Å². The summed E-state index contributed by atoms with van der Waals surface area (Å²) in [6.45, 7) is 11.3. The second-order valence-electron chi connectivity index (χ2n) is 4.03. The van der Waals surface area contributed by atoms with E-state index in [2.05, 4.69) is 32.8 Å². The summed E-state index contributed by atoms with van der Waals surface area (Å²) < 4.78 is 2.69. The highest BCUT2D eigenvalue weighted by Crippen LogP contribution is 2.36. The van der Waals surface area contributed by atoms with Crippen molar-refractivity contribution in [2.75, 3.05) is 0 Å². The molecule has 0 bridgehead atoms. The van der Waals surface area contributed by atoms with Crippen molar-refractivity contribution in [2.24, 2.45) is 7.05 Å². The average molecular weight is 290 g/mol. The molecular weight excluding hydrogens is 278 g/mol. The van der Waals surface area contributed by atoms with E-state index in [-0.39, 0.29) is 0 Å². The zero-order chi connectivity index (χ0) is 12.6. The standard InChI is InChI=1S/C13H12BrN3/c1-8-5-10(12(15-3)6-9(8)2)13-11(14)7-16-17(13)4/h5-7H,1-2,4H3. The van der Waals surface area contributed by atoms with Crippen molar-refractivity contribution in [3.63, 3.8) is 0 Å². The highest BCUT2D eigenvalue weighted by Gasteiger charge is 2.14. The van der Waals surface area contributed by atoms with Crippen LogP contribution in [0.1, 0.15) is 11.1 Å². The molecule has 0 amide bonds. The molecule has 0 saturated heterocycles. The van der Waals surface area contributed by atoms with Gasteiger partial charge >= 0.3 is 0 Å². The summed E-state index contributed by atoms with van der Waals surface area (Å²) >= 11 is 3.47. The van der Waals surface area contributed by atoms with Crippen molar-refractivity contribution in [2.45, 2.75) is 13.8 Å². The van der Waals surface area contributed by atoms with Gasteiger partial charge in [0.05, 0.1) is 22.9 Å². The lowest BCUT2D eigenvalue weighted by atomic mass is 10.0. The van der Waals surface area contributed by atoms with Gasteiger partial charge in [-0.05, 0) is 29.8 Å². The molecule has 4 heteroatoms. The second kappa shape index (κ2) is 4.34. The van der Waals surface area contributed by atoms with E-state index in [1.807, 2.05) is 26.1 Å². The van der Waals surface area contributed by atoms with E-state index in [4.69, 9.17) is 6.57 Å². The topological polar surface area (TPSA) is 22.2 Å². The third-order valence-electron chi connectivity index (χ3n) is 2.88. The van der Waals surface area contributed by atoms with Crippen LogP contribution in [0, 0.1) is 20.4 Å². The van der Waals surface area contributed by atoms with Gasteiger partial charge in [-0.3, -0.25) is 4.68 Å². The fraction of sp³-hybridized carbons (Fsp3) is 0.231. The largest absolute Gasteiger partial charge is 0.268 e. The molecule has 0 aliphatic rings. The van der Waals surface area contributed by atoms with Crippen LogP contribution in [-0.2, 0) is 7.05 Å². The molecule has 0 aliphatic heterocycles. The first kappa shape index (κ1) is 11.9. The van der Waals surface area contributed by atoms with Crippen LogP contribution in [0.2, 0.25) is 0 Å². The Bertz CT molecular complexity index is 601. The minimum atomic E-state index is 0.664. The third kappa shape index (κ3) is 1.98. The Morgan fingerprint density at radius 3 is 2.47 bits per heavy atom. The van der Waals surface area contributed by atoms with Crippen molar-refractivity contribution in [3.05, 3.63) is 45.3 Å². The average Bonchev–Trinajstić information content (AvgIpc) is 2.62. The van der Waals surface area contributed by atoms with Crippen molar-refractivity contribution in [1.82, 2.24) is 9.78 Å². The number of rotatable bonds is 1. The summed E-state index contributed by atoms with van der Waals surface area (Å²) in [6, 6.07) is 3.97. The quantitative estimate of drug-likeness (QED) is 0.727. The van der Waals surface area contributed by atoms with Gasteiger partial charge in [-0.1, -0.05) is 23.3 Å². The number of halogens is 1. The van der Waals surface area contributed by atoms with Crippen molar-refractivity contribution >= 4 is 21.6 Å². The highest BCUT2D eigenvalue weighted by atomic mass is 79.9. The Kier molecular flexibility index (Phi) is 3.03. The molecule has 0 radical (unpaired) electrons. The molecule has 0 fully saturated rings. The lowest BCUT2D eigenvalue weighted by Gasteiger charge is -2.09. The van der Waals surface area contributed by atoms with Gasteiger partial charge in [0.15, 0.2) is 5.69 Å². The minimum Gasteiger partial charge on any atom is -0.268 e. The summed E-state index contributed by atoms with van der Waals surface area (Å²) in [4.78, 5) is 3.60. The van der Waals surface area contributed by atoms with Crippen molar-refractivity contribution in [3.8, 4) is 11.3 Å². The Morgan fingerprint density at radius 2 is 1.94 bits per heavy atom. The van der Waals surface area contributed by atoms with E-state index in [1.54, 1.807) is 10.9 Å². The summed E-state index contributed by atoms with van der Waals surface area (Å²) in [7, 11) is 1.88. The van der Waals surface area contributed by atoms with E-state index >= 15 is 0 Å². The van der Waals surface area contributed by atoms with E-state index in [0.29, 0.717) is 5.69 Å². The maximum atomic E-state index is 7.28. The van der Waals surface area contributed by atoms with E-state index < -0.39 is 0 Å². The van der Waals surface area contributed by atoms with Crippen LogP contribution < -0.4 is 0 Å².